The first-order chi connectivity index (χ1) is 10.1. The highest BCUT2D eigenvalue weighted by atomic mass is 16.4. The van der Waals surface area contributed by atoms with Crippen LogP contribution in [0.15, 0.2) is 36.7 Å². The lowest BCUT2D eigenvalue weighted by Gasteiger charge is -2.24. The van der Waals surface area contributed by atoms with Crippen LogP contribution in [0.1, 0.15) is 23.2 Å². The Kier molecular flexibility index (Phi) is 4.65. The molecule has 1 heterocycles. The van der Waals surface area contributed by atoms with Crippen molar-refractivity contribution in [1.82, 2.24) is 15.8 Å². The molecule has 1 aliphatic carbocycles. The van der Waals surface area contributed by atoms with Crippen LogP contribution in [-0.2, 0) is 9.59 Å². The maximum atomic E-state index is 12.0. The molecule has 0 aromatic carbocycles. The van der Waals surface area contributed by atoms with E-state index < -0.39 is 29.6 Å². The Morgan fingerprint density at radius 2 is 1.67 bits per heavy atom. The van der Waals surface area contributed by atoms with Gasteiger partial charge in [-0.1, -0.05) is 12.2 Å². The van der Waals surface area contributed by atoms with Crippen LogP contribution in [0.4, 0.5) is 0 Å². The van der Waals surface area contributed by atoms with Crippen molar-refractivity contribution in [2.75, 3.05) is 0 Å². The average molecular weight is 289 g/mol. The van der Waals surface area contributed by atoms with E-state index in [-0.39, 0.29) is 0 Å². The van der Waals surface area contributed by atoms with Gasteiger partial charge < -0.3 is 5.11 Å². The molecule has 0 bridgehead atoms. The molecule has 0 spiro atoms. The van der Waals surface area contributed by atoms with Crippen LogP contribution in [0, 0.1) is 11.8 Å². The molecule has 2 rings (SSSR count). The lowest BCUT2D eigenvalue weighted by molar-refractivity contribution is -0.147. The fourth-order valence-electron chi connectivity index (χ4n) is 2.16. The van der Waals surface area contributed by atoms with E-state index in [1.54, 1.807) is 12.2 Å². The molecule has 0 radical (unpaired) electrons. The number of aliphatic carboxylic acids is 1. The summed E-state index contributed by atoms with van der Waals surface area (Å²) in [7, 11) is 0. The maximum absolute atomic E-state index is 12.0. The number of carboxylic acid groups (broad SMARTS) is 1. The number of allylic oxidation sites excluding steroid dienone is 2. The van der Waals surface area contributed by atoms with Crippen molar-refractivity contribution in [3.8, 4) is 0 Å². The minimum absolute atomic E-state index is 0.311. The first-order valence-electron chi connectivity index (χ1n) is 6.47. The van der Waals surface area contributed by atoms with Crippen LogP contribution in [0.2, 0.25) is 0 Å². The molecule has 1 aromatic heterocycles. The second-order valence-corrected chi connectivity index (χ2v) is 4.67. The number of carbonyl (C=O) groups excluding carboxylic acids is 2. The van der Waals surface area contributed by atoms with Crippen molar-refractivity contribution in [2.45, 2.75) is 12.8 Å². The van der Waals surface area contributed by atoms with Gasteiger partial charge in [0.1, 0.15) is 0 Å². The van der Waals surface area contributed by atoms with Gasteiger partial charge in [-0.15, -0.1) is 0 Å². The Balaban J connectivity index is 1.94. The molecule has 0 saturated heterocycles. The molecule has 1 aromatic rings. The van der Waals surface area contributed by atoms with Crippen LogP contribution in [0.5, 0.6) is 0 Å². The zero-order valence-electron chi connectivity index (χ0n) is 11.2. The fraction of sp³-hybridized carbons (Fsp3) is 0.286. The number of rotatable bonds is 3. The third kappa shape index (κ3) is 3.65. The molecule has 7 nitrogen and oxygen atoms in total. The van der Waals surface area contributed by atoms with Crippen molar-refractivity contribution >= 4 is 17.8 Å². The van der Waals surface area contributed by atoms with Crippen LogP contribution in [-0.4, -0.2) is 27.9 Å². The predicted molar refractivity (Wildman–Crippen MR) is 72.8 cm³/mol. The van der Waals surface area contributed by atoms with Gasteiger partial charge in [-0.2, -0.15) is 0 Å². The number of carboxylic acids is 1. The summed E-state index contributed by atoms with van der Waals surface area (Å²) < 4.78 is 0. The summed E-state index contributed by atoms with van der Waals surface area (Å²) in [6, 6.07) is 3.01. The number of nitrogens with zero attached hydrogens (tertiary/aromatic N) is 1. The lowest BCUT2D eigenvalue weighted by Crippen LogP contribution is -2.47. The molecular formula is C14H15N3O4. The average Bonchev–Trinajstić information content (AvgIpc) is 2.53. The molecule has 0 saturated carbocycles. The standard InChI is InChI=1S/C14H15N3O4/c18-12(9-5-7-15-8-6-9)16-17-13(19)10-3-1-2-4-11(10)14(20)21/h1-2,5-8,10-11H,3-4H2,(H,16,18)(H,17,19)(H,20,21)/t10-,11-/m1/s1. The summed E-state index contributed by atoms with van der Waals surface area (Å²) in [6.07, 6.45) is 7.10. The van der Waals surface area contributed by atoms with E-state index in [2.05, 4.69) is 15.8 Å². The minimum atomic E-state index is -1.01. The van der Waals surface area contributed by atoms with Gasteiger partial charge in [0.25, 0.3) is 5.91 Å². The second-order valence-electron chi connectivity index (χ2n) is 4.67. The monoisotopic (exact) mass is 289 g/mol. The van der Waals surface area contributed by atoms with Crippen LogP contribution in [0.3, 0.4) is 0 Å². The number of hydrogen-bond acceptors (Lipinski definition) is 4. The van der Waals surface area contributed by atoms with Gasteiger partial charge in [-0.25, -0.2) is 0 Å². The van der Waals surface area contributed by atoms with Crippen molar-refractivity contribution < 1.29 is 19.5 Å². The molecule has 0 aliphatic heterocycles. The van der Waals surface area contributed by atoms with Gasteiger partial charge in [0.05, 0.1) is 11.8 Å². The zero-order valence-corrected chi connectivity index (χ0v) is 11.2. The summed E-state index contributed by atoms with van der Waals surface area (Å²) in [5, 5.41) is 9.10. The highest BCUT2D eigenvalue weighted by molar-refractivity contribution is 5.95. The van der Waals surface area contributed by atoms with E-state index in [0.29, 0.717) is 18.4 Å². The van der Waals surface area contributed by atoms with Crippen LogP contribution in [0.25, 0.3) is 0 Å². The molecular weight excluding hydrogens is 274 g/mol. The number of aromatic nitrogens is 1. The van der Waals surface area contributed by atoms with E-state index in [0.717, 1.165) is 0 Å². The van der Waals surface area contributed by atoms with Crippen molar-refractivity contribution in [3.63, 3.8) is 0 Å². The van der Waals surface area contributed by atoms with E-state index in [9.17, 15) is 14.4 Å². The third-order valence-electron chi connectivity index (χ3n) is 3.33. The SMILES string of the molecule is O=C(NNC(=O)[C@@H]1CC=CC[C@H]1C(=O)O)c1ccncc1. The summed E-state index contributed by atoms with van der Waals surface area (Å²) in [4.78, 5) is 38.7. The molecule has 110 valence electrons. The number of nitrogens with one attached hydrogen (secondary N) is 2. The molecule has 3 N–H and O–H groups in total. The Labute approximate surface area is 121 Å². The molecule has 2 amide bonds. The minimum Gasteiger partial charge on any atom is -0.481 e. The Morgan fingerprint density at radius 3 is 2.29 bits per heavy atom. The largest absolute Gasteiger partial charge is 0.481 e. The van der Waals surface area contributed by atoms with E-state index >= 15 is 0 Å². The van der Waals surface area contributed by atoms with Gasteiger partial charge in [0.2, 0.25) is 5.91 Å². The van der Waals surface area contributed by atoms with Crippen LogP contribution < -0.4 is 10.9 Å². The summed E-state index contributed by atoms with van der Waals surface area (Å²) in [5.74, 6) is -3.46. The molecule has 7 heteroatoms. The van der Waals surface area contributed by atoms with Crippen molar-refractivity contribution in [3.05, 3.63) is 42.2 Å². The molecule has 21 heavy (non-hydrogen) atoms. The quantitative estimate of drug-likeness (QED) is 0.555. The molecule has 2 atom stereocenters. The number of pyridine rings is 1. The van der Waals surface area contributed by atoms with Gasteiger partial charge in [0, 0.05) is 18.0 Å². The smallest absolute Gasteiger partial charge is 0.307 e. The maximum Gasteiger partial charge on any atom is 0.307 e. The predicted octanol–water partition coefficient (Wildman–Crippen LogP) is 0.510. The van der Waals surface area contributed by atoms with E-state index in [1.807, 2.05) is 0 Å². The van der Waals surface area contributed by atoms with E-state index in [1.165, 1.54) is 24.5 Å². The Hall–Kier alpha value is -2.70. The summed E-state index contributed by atoms with van der Waals surface area (Å²) in [6.45, 7) is 0. The van der Waals surface area contributed by atoms with Crippen molar-refractivity contribution in [2.24, 2.45) is 11.8 Å². The van der Waals surface area contributed by atoms with Gasteiger partial charge in [-0.05, 0) is 25.0 Å². The van der Waals surface area contributed by atoms with Crippen molar-refractivity contribution in [1.29, 1.82) is 0 Å². The topological polar surface area (TPSA) is 108 Å². The zero-order chi connectivity index (χ0) is 15.2. The Morgan fingerprint density at radius 1 is 1.05 bits per heavy atom. The lowest BCUT2D eigenvalue weighted by atomic mass is 9.82. The number of carbonyl (C=O) groups is 3. The number of amides is 2. The normalized spacial score (nSPS) is 20.6. The molecule has 0 fully saturated rings. The first-order valence-corrected chi connectivity index (χ1v) is 6.47. The highest BCUT2D eigenvalue weighted by Crippen LogP contribution is 2.25. The molecule has 1 aliphatic rings. The fourth-order valence-corrected chi connectivity index (χ4v) is 2.16. The van der Waals surface area contributed by atoms with Gasteiger partial charge in [-0.3, -0.25) is 30.2 Å². The summed E-state index contributed by atoms with van der Waals surface area (Å²) >= 11 is 0. The summed E-state index contributed by atoms with van der Waals surface area (Å²) in [5.41, 5.74) is 4.90. The number of hydrogen-bond donors (Lipinski definition) is 3. The number of hydrazine groups is 1. The Bertz CT molecular complexity index is 571. The van der Waals surface area contributed by atoms with E-state index in [4.69, 9.17) is 5.11 Å². The first kappa shape index (κ1) is 14.7. The highest BCUT2D eigenvalue weighted by Gasteiger charge is 2.34. The molecule has 0 unspecified atom stereocenters. The third-order valence-corrected chi connectivity index (χ3v) is 3.33. The van der Waals surface area contributed by atoms with Gasteiger partial charge >= 0.3 is 5.97 Å². The second kappa shape index (κ2) is 6.65. The van der Waals surface area contributed by atoms with Gasteiger partial charge in [0.15, 0.2) is 0 Å². The van der Waals surface area contributed by atoms with Crippen LogP contribution >= 0.6 is 0 Å².